The minimum absolute atomic E-state index is 0.169. The molecule has 0 spiro atoms. The Balaban J connectivity index is 1.92. The molecule has 21 heavy (non-hydrogen) atoms. The van der Waals surface area contributed by atoms with Crippen LogP contribution in [0.4, 0.5) is 0 Å². The highest BCUT2D eigenvalue weighted by atomic mass is 16.5. The molecule has 1 unspecified atom stereocenters. The van der Waals surface area contributed by atoms with E-state index in [4.69, 9.17) is 9.26 Å². The van der Waals surface area contributed by atoms with E-state index < -0.39 is 0 Å². The molecule has 0 aromatic carbocycles. The van der Waals surface area contributed by atoms with Crippen LogP contribution in [0.15, 0.2) is 29.3 Å². The van der Waals surface area contributed by atoms with Crippen LogP contribution in [-0.4, -0.2) is 31.1 Å². The summed E-state index contributed by atoms with van der Waals surface area (Å²) >= 11 is 0. The highest BCUT2D eigenvalue weighted by Crippen LogP contribution is 2.25. The van der Waals surface area contributed by atoms with Gasteiger partial charge in [-0.3, -0.25) is 4.40 Å². The standard InChI is InChI=1S/C14H17N5O2/c1-4-20-11(9(2)3)12-17-13(21-18-12)10-7-16-14-15-5-6-19(14)8-10/h5-9,11H,4H2,1-3H3. The molecule has 3 aromatic heterocycles. The van der Waals surface area contributed by atoms with Crippen LogP contribution in [0.25, 0.3) is 17.2 Å². The zero-order chi connectivity index (χ0) is 14.8. The van der Waals surface area contributed by atoms with Gasteiger partial charge in [-0.25, -0.2) is 9.97 Å². The van der Waals surface area contributed by atoms with E-state index in [1.165, 1.54) is 0 Å². The van der Waals surface area contributed by atoms with Crippen molar-refractivity contribution in [1.82, 2.24) is 24.5 Å². The quantitative estimate of drug-likeness (QED) is 0.717. The number of rotatable bonds is 5. The molecule has 3 rings (SSSR count). The van der Waals surface area contributed by atoms with Gasteiger partial charge in [-0.1, -0.05) is 19.0 Å². The summed E-state index contributed by atoms with van der Waals surface area (Å²) in [5.41, 5.74) is 0.748. The van der Waals surface area contributed by atoms with Gasteiger partial charge in [0, 0.05) is 31.4 Å². The summed E-state index contributed by atoms with van der Waals surface area (Å²) in [5, 5.41) is 4.04. The first-order chi connectivity index (χ1) is 10.2. The van der Waals surface area contributed by atoms with E-state index in [9.17, 15) is 0 Å². The number of hydrogen-bond acceptors (Lipinski definition) is 6. The average molecular weight is 287 g/mol. The fraction of sp³-hybridized carbons (Fsp3) is 0.429. The van der Waals surface area contributed by atoms with E-state index in [0.29, 0.717) is 24.1 Å². The van der Waals surface area contributed by atoms with Crippen LogP contribution in [0.5, 0.6) is 0 Å². The van der Waals surface area contributed by atoms with Gasteiger partial charge in [0.05, 0.1) is 5.56 Å². The molecule has 0 saturated heterocycles. The maximum atomic E-state index is 5.68. The predicted molar refractivity (Wildman–Crippen MR) is 75.5 cm³/mol. The molecule has 1 atom stereocenters. The van der Waals surface area contributed by atoms with Gasteiger partial charge in [0.15, 0.2) is 0 Å². The predicted octanol–water partition coefficient (Wildman–Crippen LogP) is 2.51. The number of hydrogen-bond donors (Lipinski definition) is 0. The summed E-state index contributed by atoms with van der Waals surface area (Å²) < 4.78 is 12.8. The number of ether oxygens (including phenoxy) is 1. The van der Waals surface area contributed by atoms with Crippen molar-refractivity contribution in [3.63, 3.8) is 0 Å². The molecule has 0 aliphatic heterocycles. The van der Waals surface area contributed by atoms with Crippen LogP contribution in [0, 0.1) is 5.92 Å². The lowest BCUT2D eigenvalue weighted by Crippen LogP contribution is -2.12. The number of imidazole rings is 1. The highest BCUT2D eigenvalue weighted by molar-refractivity contribution is 5.51. The second-order valence-corrected chi connectivity index (χ2v) is 5.05. The fourth-order valence-corrected chi connectivity index (χ4v) is 2.14. The molecule has 3 aromatic rings. The Kier molecular flexibility index (Phi) is 3.66. The van der Waals surface area contributed by atoms with Gasteiger partial charge in [0.25, 0.3) is 5.89 Å². The topological polar surface area (TPSA) is 78.3 Å². The molecule has 0 radical (unpaired) electrons. The highest BCUT2D eigenvalue weighted by Gasteiger charge is 2.22. The van der Waals surface area contributed by atoms with E-state index in [1.807, 2.05) is 23.7 Å². The van der Waals surface area contributed by atoms with Crippen molar-refractivity contribution in [2.75, 3.05) is 6.61 Å². The van der Waals surface area contributed by atoms with Crippen molar-refractivity contribution >= 4 is 5.78 Å². The van der Waals surface area contributed by atoms with Gasteiger partial charge in [-0.05, 0) is 12.8 Å². The normalized spacial score (nSPS) is 13.1. The molecule has 3 heterocycles. The molecule has 0 fully saturated rings. The van der Waals surface area contributed by atoms with Crippen molar-refractivity contribution in [2.45, 2.75) is 26.9 Å². The Bertz CT molecular complexity index is 734. The molecule has 0 saturated carbocycles. The Morgan fingerprint density at radius 2 is 2.19 bits per heavy atom. The van der Waals surface area contributed by atoms with Gasteiger partial charge < -0.3 is 9.26 Å². The van der Waals surface area contributed by atoms with Crippen LogP contribution in [0.2, 0.25) is 0 Å². The number of fused-ring (bicyclic) bond motifs is 1. The second-order valence-electron chi connectivity index (χ2n) is 5.05. The molecule has 7 nitrogen and oxygen atoms in total. The Labute approximate surface area is 122 Å². The average Bonchev–Trinajstić information content (AvgIpc) is 3.12. The van der Waals surface area contributed by atoms with Gasteiger partial charge in [0.2, 0.25) is 11.6 Å². The second kappa shape index (κ2) is 5.61. The molecular weight excluding hydrogens is 270 g/mol. The molecule has 0 bridgehead atoms. The molecule has 0 amide bonds. The van der Waals surface area contributed by atoms with Crippen LogP contribution in [-0.2, 0) is 4.74 Å². The van der Waals surface area contributed by atoms with Gasteiger partial charge in [0.1, 0.15) is 6.10 Å². The summed E-state index contributed by atoms with van der Waals surface area (Å²) in [4.78, 5) is 12.8. The maximum absolute atomic E-state index is 5.68. The lowest BCUT2D eigenvalue weighted by molar-refractivity contribution is 0.0217. The van der Waals surface area contributed by atoms with E-state index in [-0.39, 0.29) is 12.0 Å². The Hall–Kier alpha value is -2.28. The molecule has 0 aliphatic rings. The lowest BCUT2D eigenvalue weighted by atomic mass is 10.1. The first-order valence-corrected chi connectivity index (χ1v) is 6.93. The van der Waals surface area contributed by atoms with Crippen LogP contribution in [0.3, 0.4) is 0 Å². The Morgan fingerprint density at radius 1 is 1.33 bits per heavy atom. The van der Waals surface area contributed by atoms with Crippen molar-refractivity contribution in [3.05, 3.63) is 30.6 Å². The van der Waals surface area contributed by atoms with Crippen LogP contribution < -0.4 is 0 Å². The van der Waals surface area contributed by atoms with Gasteiger partial charge >= 0.3 is 0 Å². The van der Waals surface area contributed by atoms with Crippen molar-refractivity contribution < 1.29 is 9.26 Å². The first kappa shape index (κ1) is 13.7. The number of nitrogens with zero attached hydrogens (tertiary/aromatic N) is 5. The molecule has 7 heteroatoms. The van der Waals surface area contributed by atoms with Crippen LogP contribution >= 0.6 is 0 Å². The zero-order valence-corrected chi connectivity index (χ0v) is 12.2. The van der Waals surface area contributed by atoms with E-state index in [2.05, 4.69) is 34.0 Å². The summed E-state index contributed by atoms with van der Waals surface area (Å²) in [6.45, 7) is 6.69. The summed E-state index contributed by atoms with van der Waals surface area (Å²) in [5.74, 6) is 1.89. The summed E-state index contributed by atoms with van der Waals surface area (Å²) in [6, 6.07) is 0. The maximum Gasteiger partial charge on any atom is 0.261 e. The fourth-order valence-electron chi connectivity index (χ4n) is 2.14. The molecular formula is C14H17N5O2. The van der Waals surface area contributed by atoms with E-state index in [1.54, 1.807) is 12.4 Å². The Morgan fingerprint density at radius 3 is 2.95 bits per heavy atom. The van der Waals surface area contributed by atoms with E-state index >= 15 is 0 Å². The lowest BCUT2D eigenvalue weighted by Gasteiger charge is -2.16. The zero-order valence-electron chi connectivity index (χ0n) is 12.2. The third-order valence-electron chi connectivity index (χ3n) is 3.14. The largest absolute Gasteiger partial charge is 0.370 e. The van der Waals surface area contributed by atoms with Crippen LogP contribution in [0.1, 0.15) is 32.7 Å². The summed E-state index contributed by atoms with van der Waals surface area (Å²) in [7, 11) is 0. The molecule has 0 N–H and O–H groups in total. The number of aromatic nitrogens is 5. The van der Waals surface area contributed by atoms with E-state index in [0.717, 1.165) is 5.56 Å². The monoisotopic (exact) mass is 287 g/mol. The SMILES string of the molecule is CCOC(c1noc(-c2cnc3nccn3c2)n1)C(C)C. The van der Waals surface area contributed by atoms with Crippen molar-refractivity contribution in [3.8, 4) is 11.5 Å². The first-order valence-electron chi connectivity index (χ1n) is 6.93. The third-order valence-corrected chi connectivity index (χ3v) is 3.14. The van der Waals surface area contributed by atoms with Gasteiger partial charge in [-0.15, -0.1) is 0 Å². The minimum atomic E-state index is -0.169. The van der Waals surface area contributed by atoms with Crippen molar-refractivity contribution in [2.24, 2.45) is 5.92 Å². The van der Waals surface area contributed by atoms with Gasteiger partial charge in [-0.2, -0.15) is 4.98 Å². The molecule has 0 aliphatic carbocycles. The third kappa shape index (κ3) is 2.64. The minimum Gasteiger partial charge on any atom is -0.370 e. The smallest absolute Gasteiger partial charge is 0.261 e. The summed E-state index contributed by atoms with van der Waals surface area (Å²) in [6.07, 6.45) is 6.87. The van der Waals surface area contributed by atoms with Crippen molar-refractivity contribution in [1.29, 1.82) is 0 Å². The molecule has 110 valence electrons.